The average Bonchev–Trinajstić information content (AvgIpc) is 2.38. The minimum Gasteiger partial charge on any atom is -0.396 e. The lowest BCUT2D eigenvalue weighted by Crippen LogP contribution is -2.48. The van der Waals surface area contributed by atoms with Gasteiger partial charge in [0, 0.05) is 31.3 Å². The number of benzene rings is 1. The summed E-state index contributed by atoms with van der Waals surface area (Å²) >= 11 is 0. The third kappa shape index (κ3) is 2.58. The van der Waals surface area contributed by atoms with Gasteiger partial charge in [0.05, 0.1) is 6.54 Å². The van der Waals surface area contributed by atoms with Crippen LogP contribution in [0.4, 0.5) is 5.69 Å². The summed E-state index contributed by atoms with van der Waals surface area (Å²) in [6.07, 6.45) is 0. The Morgan fingerprint density at radius 2 is 2.24 bits per heavy atom. The zero-order valence-electron chi connectivity index (χ0n) is 10.0. The number of carbonyl (C=O) groups is 1. The van der Waals surface area contributed by atoms with Gasteiger partial charge >= 0.3 is 0 Å². The first-order valence-corrected chi connectivity index (χ1v) is 5.94. The van der Waals surface area contributed by atoms with Gasteiger partial charge in [0.25, 0.3) is 0 Å². The van der Waals surface area contributed by atoms with E-state index in [1.54, 1.807) is 0 Å². The molecule has 17 heavy (non-hydrogen) atoms. The first-order chi connectivity index (χ1) is 8.22. The van der Waals surface area contributed by atoms with Crippen molar-refractivity contribution in [3.05, 3.63) is 29.8 Å². The molecular weight excluding hydrogens is 216 g/mol. The maximum Gasteiger partial charge on any atom is 0.239 e. The maximum atomic E-state index is 11.4. The molecule has 1 atom stereocenters. The maximum absolute atomic E-state index is 11.4. The van der Waals surface area contributed by atoms with E-state index in [0.717, 1.165) is 17.8 Å². The Hall–Kier alpha value is -1.55. The van der Waals surface area contributed by atoms with Crippen LogP contribution in [-0.2, 0) is 4.79 Å². The number of nitrogens with zero attached hydrogens (tertiary/aromatic N) is 1. The first-order valence-electron chi connectivity index (χ1n) is 5.94. The summed E-state index contributed by atoms with van der Waals surface area (Å²) in [6, 6.07) is 7.97. The lowest BCUT2D eigenvalue weighted by Gasteiger charge is -2.31. The molecule has 0 radical (unpaired) electrons. The minimum absolute atomic E-state index is 0.0581. The summed E-state index contributed by atoms with van der Waals surface area (Å²) in [7, 11) is 0. The molecule has 1 saturated heterocycles. The van der Waals surface area contributed by atoms with Crippen LogP contribution in [0.5, 0.6) is 0 Å². The van der Waals surface area contributed by atoms with E-state index in [0.29, 0.717) is 13.1 Å². The van der Waals surface area contributed by atoms with Crippen molar-refractivity contribution in [3.63, 3.8) is 0 Å². The van der Waals surface area contributed by atoms with E-state index in [1.165, 1.54) is 0 Å². The van der Waals surface area contributed by atoms with Gasteiger partial charge in [-0.1, -0.05) is 25.1 Å². The fourth-order valence-corrected chi connectivity index (χ4v) is 2.13. The van der Waals surface area contributed by atoms with Crippen molar-refractivity contribution in [3.8, 4) is 0 Å². The van der Waals surface area contributed by atoms with Crippen LogP contribution in [0, 0.1) is 0 Å². The summed E-state index contributed by atoms with van der Waals surface area (Å²) in [5.74, 6) is 0.152. The number of piperazine rings is 1. The third-order valence-electron chi connectivity index (χ3n) is 3.12. The van der Waals surface area contributed by atoms with Crippen LogP contribution in [0.15, 0.2) is 24.3 Å². The molecule has 4 heteroatoms. The molecule has 1 amide bonds. The zero-order chi connectivity index (χ0) is 12.3. The van der Waals surface area contributed by atoms with Crippen LogP contribution in [0.3, 0.4) is 0 Å². The van der Waals surface area contributed by atoms with E-state index in [9.17, 15) is 9.90 Å². The van der Waals surface area contributed by atoms with Crippen LogP contribution < -0.4 is 10.2 Å². The Morgan fingerprint density at radius 1 is 1.47 bits per heavy atom. The van der Waals surface area contributed by atoms with E-state index in [-0.39, 0.29) is 18.4 Å². The molecule has 2 rings (SSSR count). The topological polar surface area (TPSA) is 52.6 Å². The highest BCUT2D eigenvalue weighted by atomic mass is 16.3. The normalized spacial score (nSPS) is 17.8. The van der Waals surface area contributed by atoms with Gasteiger partial charge in [0.2, 0.25) is 5.91 Å². The van der Waals surface area contributed by atoms with E-state index in [2.05, 4.69) is 10.2 Å². The SMILES string of the molecule is CC(CO)c1ccccc1N1CCNC(=O)C1. The molecule has 1 aliphatic heterocycles. The molecule has 0 spiro atoms. The quantitative estimate of drug-likeness (QED) is 0.810. The Morgan fingerprint density at radius 3 is 2.94 bits per heavy atom. The zero-order valence-corrected chi connectivity index (χ0v) is 10.0. The highest BCUT2D eigenvalue weighted by molar-refractivity contribution is 5.83. The molecule has 1 unspecified atom stereocenters. The Kier molecular flexibility index (Phi) is 3.64. The predicted molar refractivity (Wildman–Crippen MR) is 67.2 cm³/mol. The molecule has 0 bridgehead atoms. The number of hydrogen-bond acceptors (Lipinski definition) is 3. The molecule has 0 saturated carbocycles. The van der Waals surface area contributed by atoms with E-state index in [4.69, 9.17) is 0 Å². The number of aliphatic hydroxyl groups excluding tert-OH is 1. The lowest BCUT2D eigenvalue weighted by atomic mass is 9.99. The van der Waals surface area contributed by atoms with E-state index in [1.807, 2.05) is 31.2 Å². The van der Waals surface area contributed by atoms with Crippen LogP contribution in [-0.4, -0.2) is 37.3 Å². The van der Waals surface area contributed by atoms with E-state index >= 15 is 0 Å². The Labute approximate surface area is 101 Å². The third-order valence-corrected chi connectivity index (χ3v) is 3.12. The molecule has 1 aromatic rings. The van der Waals surface area contributed by atoms with Crippen LogP contribution in [0.1, 0.15) is 18.4 Å². The second-order valence-electron chi connectivity index (χ2n) is 4.41. The van der Waals surface area contributed by atoms with Gasteiger partial charge in [0.15, 0.2) is 0 Å². The molecule has 1 aromatic carbocycles. The lowest BCUT2D eigenvalue weighted by molar-refractivity contribution is -0.120. The molecule has 4 nitrogen and oxygen atoms in total. The number of rotatable bonds is 3. The van der Waals surface area contributed by atoms with Gasteiger partial charge in [0.1, 0.15) is 0 Å². The Balaban J connectivity index is 2.27. The van der Waals surface area contributed by atoms with Gasteiger partial charge in [-0.05, 0) is 11.6 Å². The summed E-state index contributed by atoms with van der Waals surface area (Å²) in [5, 5.41) is 12.1. The minimum atomic E-state index is 0.0581. The highest BCUT2D eigenvalue weighted by Gasteiger charge is 2.20. The largest absolute Gasteiger partial charge is 0.396 e. The number of anilines is 1. The number of aliphatic hydroxyl groups is 1. The summed E-state index contributed by atoms with van der Waals surface area (Å²) in [4.78, 5) is 13.5. The fourth-order valence-electron chi connectivity index (χ4n) is 2.13. The van der Waals surface area contributed by atoms with Crippen LogP contribution in [0.2, 0.25) is 0 Å². The summed E-state index contributed by atoms with van der Waals surface area (Å²) < 4.78 is 0. The molecule has 1 fully saturated rings. The van der Waals surface area contributed by atoms with Crippen molar-refractivity contribution in [2.45, 2.75) is 12.8 Å². The monoisotopic (exact) mass is 234 g/mol. The van der Waals surface area contributed by atoms with Gasteiger partial charge in [-0.3, -0.25) is 4.79 Å². The van der Waals surface area contributed by atoms with Crippen molar-refractivity contribution in [1.29, 1.82) is 0 Å². The van der Waals surface area contributed by atoms with Crippen LogP contribution in [0.25, 0.3) is 0 Å². The molecule has 92 valence electrons. The molecule has 1 heterocycles. The van der Waals surface area contributed by atoms with Crippen LogP contribution >= 0.6 is 0 Å². The number of para-hydroxylation sites is 1. The first kappa shape index (κ1) is 11.9. The number of nitrogens with one attached hydrogen (secondary N) is 1. The van der Waals surface area contributed by atoms with Crippen molar-refractivity contribution in [2.75, 3.05) is 31.1 Å². The highest BCUT2D eigenvalue weighted by Crippen LogP contribution is 2.27. The van der Waals surface area contributed by atoms with E-state index < -0.39 is 0 Å². The molecule has 0 aromatic heterocycles. The van der Waals surface area contributed by atoms with Crippen molar-refractivity contribution >= 4 is 11.6 Å². The number of carbonyl (C=O) groups excluding carboxylic acids is 1. The van der Waals surface area contributed by atoms with Crippen molar-refractivity contribution in [2.24, 2.45) is 0 Å². The summed E-state index contributed by atoms with van der Waals surface area (Å²) in [5.41, 5.74) is 2.16. The average molecular weight is 234 g/mol. The molecule has 2 N–H and O–H groups in total. The van der Waals surface area contributed by atoms with Gasteiger partial charge < -0.3 is 15.3 Å². The van der Waals surface area contributed by atoms with Gasteiger partial charge in [-0.25, -0.2) is 0 Å². The molecular formula is C13H18N2O2. The second kappa shape index (κ2) is 5.19. The van der Waals surface area contributed by atoms with Crippen molar-refractivity contribution in [1.82, 2.24) is 5.32 Å². The number of hydrogen-bond donors (Lipinski definition) is 2. The smallest absolute Gasteiger partial charge is 0.239 e. The fraction of sp³-hybridized carbons (Fsp3) is 0.462. The number of amides is 1. The van der Waals surface area contributed by atoms with Crippen molar-refractivity contribution < 1.29 is 9.90 Å². The molecule has 1 aliphatic rings. The predicted octanol–water partition coefficient (Wildman–Crippen LogP) is 0.719. The second-order valence-corrected chi connectivity index (χ2v) is 4.41. The van der Waals surface area contributed by atoms with Gasteiger partial charge in [-0.2, -0.15) is 0 Å². The Bertz CT molecular complexity index is 406. The standard InChI is InChI=1S/C13H18N2O2/c1-10(9-16)11-4-2-3-5-12(11)15-7-6-14-13(17)8-15/h2-5,10,16H,6-9H2,1H3,(H,14,17). The summed E-state index contributed by atoms with van der Waals surface area (Å²) in [6.45, 7) is 4.01. The molecule has 0 aliphatic carbocycles. The van der Waals surface area contributed by atoms with Gasteiger partial charge in [-0.15, -0.1) is 0 Å².